The Morgan fingerprint density at radius 1 is 1.24 bits per heavy atom. The van der Waals surface area contributed by atoms with Gasteiger partial charge in [0.15, 0.2) is 0 Å². The molecule has 0 saturated carbocycles. The van der Waals surface area contributed by atoms with E-state index < -0.39 is 6.36 Å². The van der Waals surface area contributed by atoms with Crippen molar-refractivity contribution in [3.63, 3.8) is 0 Å². The third-order valence-electron chi connectivity index (χ3n) is 2.90. The van der Waals surface area contributed by atoms with Gasteiger partial charge in [0.2, 0.25) is 0 Å². The predicted octanol–water partition coefficient (Wildman–Crippen LogP) is 3.49. The quantitative estimate of drug-likeness (QED) is 0.918. The maximum atomic E-state index is 12.0. The first-order valence-electron chi connectivity index (χ1n) is 6.48. The standard InChI is InChI=1S/C14H16F3N3O/c1-3-13-10(9-20(2)19-13)8-18-11-4-6-12(7-5-11)21-14(15,16)17/h4-7,9,18H,3,8H2,1-2H3. The number of halogens is 3. The molecule has 7 heteroatoms. The third-order valence-corrected chi connectivity index (χ3v) is 2.90. The highest BCUT2D eigenvalue weighted by Crippen LogP contribution is 2.24. The average molecular weight is 299 g/mol. The fourth-order valence-electron chi connectivity index (χ4n) is 2.00. The van der Waals surface area contributed by atoms with Crippen LogP contribution < -0.4 is 10.1 Å². The second-order valence-corrected chi connectivity index (χ2v) is 4.55. The first-order chi connectivity index (χ1) is 9.87. The summed E-state index contributed by atoms with van der Waals surface area (Å²) in [5, 5.41) is 7.48. The summed E-state index contributed by atoms with van der Waals surface area (Å²) in [5.41, 5.74) is 2.79. The van der Waals surface area contributed by atoms with Gasteiger partial charge in [0.25, 0.3) is 0 Å². The summed E-state index contributed by atoms with van der Waals surface area (Å²) < 4.78 is 41.7. The number of aromatic nitrogens is 2. The van der Waals surface area contributed by atoms with E-state index in [2.05, 4.69) is 15.2 Å². The van der Waals surface area contributed by atoms with Gasteiger partial charge in [-0.2, -0.15) is 5.10 Å². The minimum atomic E-state index is -4.67. The van der Waals surface area contributed by atoms with E-state index in [9.17, 15) is 13.2 Å². The molecule has 114 valence electrons. The van der Waals surface area contributed by atoms with Crippen LogP contribution in [0.15, 0.2) is 30.5 Å². The van der Waals surface area contributed by atoms with Gasteiger partial charge >= 0.3 is 6.36 Å². The van der Waals surface area contributed by atoms with Crippen LogP contribution in [0.2, 0.25) is 0 Å². The monoisotopic (exact) mass is 299 g/mol. The van der Waals surface area contributed by atoms with Gasteiger partial charge in [-0.15, -0.1) is 13.2 Å². The smallest absolute Gasteiger partial charge is 0.406 e. The minimum Gasteiger partial charge on any atom is -0.406 e. The van der Waals surface area contributed by atoms with Gasteiger partial charge in [-0.1, -0.05) is 6.92 Å². The summed E-state index contributed by atoms with van der Waals surface area (Å²) in [6.07, 6.45) is -1.91. The Kier molecular flexibility index (Phi) is 4.40. The second kappa shape index (κ2) is 6.07. The molecule has 1 heterocycles. The summed E-state index contributed by atoms with van der Waals surface area (Å²) >= 11 is 0. The van der Waals surface area contributed by atoms with Crippen molar-refractivity contribution in [3.8, 4) is 5.75 Å². The zero-order valence-corrected chi connectivity index (χ0v) is 11.7. The molecule has 21 heavy (non-hydrogen) atoms. The van der Waals surface area contributed by atoms with E-state index in [0.717, 1.165) is 23.4 Å². The van der Waals surface area contributed by atoms with Crippen LogP contribution in [0.3, 0.4) is 0 Å². The highest BCUT2D eigenvalue weighted by Gasteiger charge is 2.30. The lowest BCUT2D eigenvalue weighted by Crippen LogP contribution is -2.17. The van der Waals surface area contributed by atoms with Crippen molar-refractivity contribution >= 4 is 5.69 Å². The molecule has 0 spiro atoms. The highest BCUT2D eigenvalue weighted by atomic mass is 19.4. The zero-order chi connectivity index (χ0) is 15.5. The second-order valence-electron chi connectivity index (χ2n) is 4.55. The Balaban J connectivity index is 1.97. The van der Waals surface area contributed by atoms with Crippen LogP contribution in [0.25, 0.3) is 0 Å². The van der Waals surface area contributed by atoms with Gasteiger partial charge in [0.1, 0.15) is 5.75 Å². The van der Waals surface area contributed by atoms with Gasteiger partial charge in [-0.3, -0.25) is 4.68 Å². The van der Waals surface area contributed by atoms with Crippen LogP contribution in [0, 0.1) is 0 Å². The van der Waals surface area contributed by atoms with Crippen molar-refractivity contribution in [1.82, 2.24) is 9.78 Å². The molecule has 1 aromatic heterocycles. The molecule has 0 saturated heterocycles. The number of anilines is 1. The van der Waals surface area contributed by atoms with Crippen LogP contribution in [-0.2, 0) is 20.0 Å². The van der Waals surface area contributed by atoms with E-state index in [1.165, 1.54) is 12.1 Å². The van der Waals surface area contributed by atoms with Crippen LogP contribution in [0.1, 0.15) is 18.2 Å². The van der Waals surface area contributed by atoms with Crippen LogP contribution in [-0.4, -0.2) is 16.1 Å². The molecule has 4 nitrogen and oxygen atoms in total. The van der Waals surface area contributed by atoms with Gasteiger partial charge in [0, 0.05) is 31.0 Å². The minimum absolute atomic E-state index is 0.233. The topological polar surface area (TPSA) is 39.1 Å². The Hall–Kier alpha value is -2.18. The molecule has 0 bridgehead atoms. The average Bonchev–Trinajstić information content (AvgIpc) is 2.76. The van der Waals surface area contributed by atoms with Gasteiger partial charge in [0.05, 0.1) is 5.69 Å². The van der Waals surface area contributed by atoms with Gasteiger partial charge < -0.3 is 10.1 Å². The highest BCUT2D eigenvalue weighted by molar-refractivity contribution is 5.47. The van der Waals surface area contributed by atoms with Crippen molar-refractivity contribution in [1.29, 1.82) is 0 Å². The fraction of sp³-hybridized carbons (Fsp3) is 0.357. The molecule has 0 fully saturated rings. The molecular weight excluding hydrogens is 283 g/mol. The largest absolute Gasteiger partial charge is 0.573 e. The molecule has 0 radical (unpaired) electrons. The Morgan fingerprint density at radius 3 is 2.48 bits per heavy atom. The van der Waals surface area contributed by atoms with E-state index >= 15 is 0 Å². The normalized spacial score (nSPS) is 11.5. The Morgan fingerprint density at radius 2 is 1.90 bits per heavy atom. The number of hydrogen-bond acceptors (Lipinski definition) is 3. The number of ether oxygens (including phenoxy) is 1. The number of nitrogens with one attached hydrogen (secondary N) is 1. The lowest BCUT2D eigenvalue weighted by molar-refractivity contribution is -0.274. The molecule has 0 atom stereocenters. The van der Waals surface area contributed by atoms with Crippen molar-refractivity contribution in [2.75, 3.05) is 5.32 Å². The van der Waals surface area contributed by atoms with Gasteiger partial charge in [-0.05, 0) is 30.7 Å². The third kappa shape index (κ3) is 4.40. The van der Waals surface area contributed by atoms with E-state index in [1.54, 1.807) is 16.8 Å². The fourth-order valence-corrected chi connectivity index (χ4v) is 2.00. The van der Waals surface area contributed by atoms with Crippen molar-refractivity contribution < 1.29 is 17.9 Å². The van der Waals surface area contributed by atoms with Crippen molar-refractivity contribution in [2.24, 2.45) is 7.05 Å². The first-order valence-corrected chi connectivity index (χ1v) is 6.48. The van der Waals surface area contributed by atoms with Crippen molar-refractivity contribution in [3.05, 3.63) is 41.7 Å². The number of rotatable bonds is 5. The molecule has 0 amide bonds. The maximum Gasteiger partial charge on any atom is 0.573 e. The van der Waals surface area contributed by atoms with Crippen LogP contribution >= 0.6 is 0 Å². The molecule has 1 N–H and O–H groups in total. The predicted molar refractivity (Wildman–Crippen MR) is 73.0 cm³/mol. The zero-order valence-electron chi connectivity index (χ0n) is 11.7. The maximum absolute atomic E-state index is 12.0. The lowest BCUT2D eigenvalue weighted by Gasteiger charge is -2.10. The van der Waals surface area contributed by atoms with E-state index in [-0.39, 0.29) is 5.75 Å². The lowest BCUT2D eigenvalue weighted by atomic mass is 10.2. The number of benzene rings is 1. The molecule has 0 aliphatic carbocycles. The van der Waals surface area contributed by atoms with Crippen molar-refractivity contribution in [2.45, 2.75) is 26.3 Å². The Labute approximate surface area is 120 Å². The molecule has 2 rings (SSSR count). The van der Waals surface area contributed by atoms with Crippen LogP contribution in [0.5, 0.6) is 5.75 Å². The molecule has 0 aliphatic rings. The van der Waals surface area contributed by atoms with E-state index in [1.807, 2.05) is 20.2 Å². The number of alkyl halides is 3. The summed E-state index contributed by atoms with van der Waals surface area (Å²) in [4.78, 5) is 0. The molecular formula is C14H16F3N3O. The van der Waals surface area contributed by atoms with Crippen LogP contribution in [0.4, 0.5) is 18.9 Å². The first kappa shape index (κ1) is 15.2. The number of nitrogens with zero attached hydrogens (tertiary/aromatic N) is 2. The van der Waals surface area contributed by atoms with E-state index in [4.69, 9.17) is 0 Å². The van der Waals surface area contributed by atoms with Gasteiger partial charge in [-0.25, -0.2) is 0 Å². The molecule has 1 aromatic carbocycles. The van der Waals surface area contributed by atoms with E-state index in [0.29, 0.717) is 6.54 Å². The summed E-state index contributed by atoms with van der Waals surface area (Å²) in [6.45, 7) is 2.59. The molecule has 0 unspecified atom stereocenters. The molecule has 0 aliphatic heterocycles. The summed E-state index contributed by atoms with van der Waals surface area (Å²) in [5.74, 6) is -0.233. The Bertz CT molecular complexity index is 591. The number of hydrogen-bond donors (Lipinski definition) is 1. The number of aryl methyl sites for hydroxylation is 2. The SMILES string of the molecule is CCc1nn(C)cc1CNc1ccc(OC(F)(F)F)cc1. The summed E-state index contributed by atoms with van der Waals surface area (Å²) in [6, 6.07) is 5.64. The molecule has 2 aromatic rings. The summed E-state index contributed by atoms with van der Waals surface area (Å²) in [7, 11) is 1.85.